The van der Waals surface area contributed by atoms with Crippen molar-refractivity contribution in [3.8, 4) is 0 Å². The Morgan fingerprint density at radius 2 is 0.786 bits per heavy atom. The van der Waals surface area contributed by atoms with E-state index in [-0.39, 0.29) is 24.8 Å². The zero-order valence-electron chi connectivity index (χ0n) is 20.0. The second-order valence-electron chi connectivity index (χ2n) is 11.0. The fraction of sp³-hybridized carbons (Fsp3) is 0.889. The predicted octanol–water partition coefficient (Wildman–Crippen LogP) is 4.27. The minimum absolute atomic E-state index is 0.0570. The lowest BCUT2D eigenvalue weighted by molar-refractivity contribution is -0.143. The van der Waals surface area contributed by atoms with Gasteiger partial charge < -0.3 is 17.7 Å². The molecule has 0 saturated heterocycles. The molecule has 0 aliphatic heterocycles. The molecule has 0 bridgehead atoms. The summed E-state index contributed by atoms with van der Waals surface area (Å²) in [7, 11) is -7.98. The molecule has 0 radical (unpaired) electrons. The van der Waals surface area contributed by atoms with Crippen LogP contribution in [0.25, 0.3) is 0 Å². The molecule has 0 aromatic rings. The molecule has 0 fully saturated rings. The third-order valence-electron chi connectivity index (χ3n) is 3.17. The van der Waals surface area contributed by atoms with Gasteiger partial charge in [-0.25, -0.2) is 0 Å². The first kappa shape index (κ1) is 28.0. The van der Waals surface area contributed by atoms with E-state index in [1.54, 1.807) is 0 Å². The van der Waals surface area contributed by atoms with Crippen LogP contribution in [0.15, 0.2) is 0 Å². The number of carbonyl (C=O) groups is 2. The Morgan fingerprint density at radius 1 is 0.536 bits per heavy atom. The zero-order valence-corrected chi connectivity index (χ0v) is 24.0. The van der Waals surface area contributed by atoms with E-state index < -0.39 is 45.5 Å². The number of hydrogen-bond acceptors (Lipinski definition) is 6. The van der Waals surface area contributed by atoms with Crippen molar-refractivity contribution in [1.82, 2.24) is 0 Å². The summed E-state index contributed by atoms with van der Waals surface area (Å²) >= 11 is 0. The van der Waals surface area contributed by atoms with Gasteiger partial charge >= 0.3 is 0 Å². The zero-order chi connectivity index (χ0) is 22.6. The van der Waals surface area contributed by atoms with Gasteiger partial charge in [0.25, 0.3) is 0 Å². The number of ketones is 2. The third-order valence-corrected chi connectivity index (χ3v) is 7.11. The average Bonchev–Trinajstić information content (AvgIpc) is 2.42. The van der Waals surface area contributed by atoms with Gasteiger partial charge in [0.15, 0.2) is 44.8 Å². The molecule has 0 N–H and O–H groups in total. The highest BCUT2D eigenvalue weighted by Gasteiger charge is 2.41. The molecule has 0 heterocycles. The van der Waals surface area contributed by atoms with Crippen LogP contribution in [0.5, 0.6) is 0 Å². The molecule has 0 aromatic carbocycles. The van der Waals surface area contributed by atoms with Crippen LogP contribution in [-0.4, -0.2) is 70.3 Å². The lowest BCUT2D eigenvalue weighted by atomic mass is 10.1. The van der Waals surface area contributed by atoms with Crippen LogP contribution in [-0.2, 0) is 27.3 Å². The molecule has 0 aliphatic carbocycles. The Morgan fingerprint density at radius 3 is 0.964 bits per heavy atom. The monoisotopic (exact) mass is 466 g/mol. The number of carbonyl (C=O) groups excluding carboxylic acids is 2. The third kappa shape index (κ3) is 14.1. The van der Waals surface area contributed by atoms with Crippen LogP contribution in [0.1, 0.15) is 0 Å². The first-order valence-corrected chi connectivity index (χ1v) is 23.5. The van der Waals surface area contributed by atoms with Crippen LogP contribution < -0.4 is 0 Å². The maximum absolute atomic E-state index is 13.0. The Hall–Kier alpha value is 0.0475. The van der Waals surface area contributed by atoms with E-state index in [1.807, 2.05) is 78.6 Å². The summed E-state index contributed by atoms with van der Waals surface area (Å²) in [5.74, 6) is -0.455. The second-order valence-corrected chi connectivity index (χ2v) is 29.0. The van der Waals surface area contributed by atoms with Crippen molar-refractivity contribution in [3.05, 3.63) is 0 Å². The summed E-state index contributed by atoms with van der Waals surface area (Å²) in [6.45, 7) is 24.0. The topological polar surface area (TPSA) is 71.1 Å². The van der Waals surface area contributed by atoms with Gasteiger partial charge in [-0.1, -0.05) is 0 Å². The summed E-state index contributed by atoms with van der Waals surface area (Å²) in [6.07, 6.45) is -1.90. The first-order valence-electron chi connectivity index (χ1n) is 9.89. The Kier molecular flexibility index (Phi) is 10.4. The van der Waals surface area contributed by atoms with Gasteiger partial charge in [-0.2, -0.15) is 0 Å². The summed E-state index contributed by atoms with van der Waals surface area (Å²) < 4.78 is 24.0. The molecule has 0 rings (SSSR count). The summed E-state index contributed by atoms with van der Waals surface area (Å²) in [4.78, 5) is 26.1. The number of Topliss-reactive ketones (excluding diaryl/α,β-unsaturated/α-hetero) is 2. The van der Waals surface area contributed by atoms with E-state index in [4.69, 9.17) is 17.7 Å². The van der Waals surface area contributed by atoms with Crippen LogP contribution >= 0.6 is 0 Å². The van der Waals surface area contributed by atoms with Crippen LogP contribution in [0.4, 0.5) is 0 Å². The summed E-state index contributed by atoms with van der Waals surface area (Å²) in [5, 5.41) is 0. The highest BCUT2D eigenvalue weighted by molar-refractivity contribution is 6.71. The maximum Gasteiger partial charge on any atom is 0.187 e. The SMILES string of the molecule is C[Si](C)(C)OCC(=O)[C@H](O[Si](C)(C)C)[C@@H](O[Si](C)(C)C)C(=O)CO[Si](C)(C)C. The number of rotatable bonds is 13. The van der Waals surface area contributed by atoms with E-state index in [9.17, 15) is 9.59 Å². The van der Waals surface area contributed by atoms with Gasteiger partial charge in [0, 0.05) is 0 Å². The molecule has 166 valence electrons. The quantitative estimate of drug-likeness (QED) is 0.378. The predicted molar refractivity (Wildman–Crippen MR) is 125 cm³/mol. The molecule has 0 aliphatic rings. The van der Waals surface area contributed by atoms with E-state index in [2.05, 4.69) is 0 Å². The average molecular weight is 467 g/mol. The van der Waals surface area contributed by atoms with Crippen molar-refractivity contribution < 1.29 is 27.3 Å². The van der Waals surface area contributed by atoms with E-state index in [0.717, 1.165) is 0 Å². The van der Waals surface area contributed by atoms with Crippen LogP contribution in [0, 0.1) is 0 Å². The normalized spacial score (nSPS) is 16.0. The fourth-order valence-electron chi connectivity index (χ4n) is 2.09. The molecule has 0 unspecified atom stereocenters. The van der Waals surface area contributed by atoms with Gasteiger partial charge in [0.1, 0.15) is 12.2 Å². The summed E-state index contributed by atoms with van der Waals surface area (Å²) in [5.41, 5.74) is 0. The molecule has 0 saturated carbocycles. The highest BCUT2D eigenvalue weighted by Crippen LogP contribution is 2.20. The van der Waals surface area contributed by atoms with Crippen molar-refractivity contribution in [3.63, 3.8) is 0 Å². The minimum Gasteiger partial charge on any atom is -0.410 e. The van der Waals surface area contributed by atoms with Crippen molar-refractivity contribution in [2.45, 2.75) is 90.8 Å². The smallest absolute Gasteiger partial charge is 0.187 e. The van der Waals surface area contributed by atoms with Gasteiger partial charge in [-0.15, -0.1) is 0 Å². The maximum atomic E-state index is 13.0. The highest BCUT2D eigenvalue weighted by atomic mass is 28.4. The van der Waals surface area contributed by atoms with E-state index >= 15 is 0 Å². The van der Waals surface area contributed by atoms with E-state index in [0.29, 0.717) is 0 Å². The Labute approximate surface area is 176 Å². The van der Waals surface area contributed by atoms with Crippen molar-refractivity contribution in [1.29, 1.82) is 0 Å². The molecular formula is C18H42O6Si4. The van der Waals surface area contributed by atoms with Crippen molar-refractivity contribution >= 4 is 44.8 Å². The molecule has 28 heavy (non-hydrogen) atoms. The minimum atomic E-state index is -2.12. The Balaban J connectivity index is 5.73. The van der Waals surface area contributed by atoms with Gasteiger partial charge in [-0.05, 0) is 78.6 Å². The number of hydrogen-bond donors (Lipinski definition) is 0. The van der Waals surface area contributed by atoms with Crippen molar-refractivity contribution in [2.75, 3.05) is 13.2 Å². The summed E-state index contributed by atoms with van der Waals surface area (Å²) in [6, 6.07) is 0. The standard InChI is InChI=1S/C18H42O6Si4/c1-25(2,3)21-13-15(19)17(23-27(7,8)9)18(24-28(10,11)12)16(20)14-22-26(4,5)6/h17-18H,13-14H2,1-12H3/t17-,18-/m0/s1. The van der Waals surface area contributed by atoms with Crippen LogP contribution in [0.2, 0.25) is 78.6 Å². The first-order chi connectivity index (χ1) is 12.2. The van der Waals surface area contributed by atoms with Gasteiger partial charge in [-0.3, -0.25) is 9.59 Å². The lowest BCUT2D eigenvalue weighted by Gasteiger charge is -2.35. The largest absolute Gasteiger partial charge is 0.410 e. The molecule has 0 aromatic heterocycles. The molecule has 2 atom stereocenters. The Bertz CT molecular complexity index is 478. The second kappa shape index (κ2) is 10.4. The van der Waals surface area contributed by atoms with Crippen molar-refractivity contribution in [2.24, 2.45) is 0 Å². The molecular weight excluding hydrogens is 425 g/mol. The van der Waals surface area contributed by atoms with Gasteiger partial charge in [0.05, 0.1) is 13.2 Å². The molecule has 6 nitrogen and oxygen atoms in total. The lowest BCUT2D eigenvalue weighted by Crippen LogP contribution is -2.54. The van der Waals surface area contributed by atoms with E-state index in [1.165, 1.54) is 0 Å². The molecule has 10 heteroatoms. The molecule has 0 amide bonds. The molecule has 0 spiro atoms. The van der Waals surface area contributed by atoms with Crippen LogP contribution in [0.3, 0.4) is 0 Å². The fourth-order valence-corrected chi connectivity index (χ4v) is 5.28. The van der Waals surface area contributed by atoms with Gasteiger partial charge in [0.2, 0.25) is 0 Å².